The maximum absolute atomic E-state index is 13.3. The van der Waals surface area contributed by atoms with E-state index < -0.39 is 34.0 Å². The van der Waals surface area contributed by atoms with Gasteiger partial charge in [0, 0.05) is 17.6 Å². The number of hydrogen-bond acceptors (Lipinski definition) is 5. The Morgan fingerprint density at radius 2 is 1.86 bits per heavy atom. The van der Waals surface area contributed by atoms with Crippen LogP contribution in [0.1, 0.15) is 6.42 Å². The Morgan fingerprint density at radius 3 is 2.55 bits per heavy atom. The Labute approximate surface area is 173 Å². The minimum absolute atomic E-state index is 0.0418. The first-order valence-electron chi connectivity index (χ1n) is 8.89. The molecule has 0 bridgehead atoms. The maximum Gasteiger partial charge on any atom is 0.329 e. The van der Waals surface area contributed by atoms with Crippen molar-refractivity contribution in [1.29, 1.82) is 0 Å². The van der Waals surface area contributed by atoms with Crippen LogP contribution in [-0.2, 0) is 14.8 Å². The number of ether oxygens (including phenoxy) is 1. The number of amides is 3. The van der Waals surface area contributed by atoms with E-state index in [0.29, 0.717) is 22.9 Å². The summed E-state index contributed by atoms with van der Waals surface area (Å²) in [6, 6.07) is 10.0. The molecule has 10 heteroatoms. The number of methoxy groups -OCH3 is 1. The van der Waals surface area contributed by atoms with E-state index in [1.165, 1.54) is 31.4 Å². The fraction of sp³-hybridized carbons (Fsp3) is 0.263. The van der Waals surface area contributed by atoms with Crippen LogP contribution in [0.15, 0.2) is 53.4 Å². The van der Waals surface area contributed by atoms with E-state index in [2.05, 4.69) is 5.32 Å². The molecule has 2 heterocycles. The first kappa shape index (κ1) is 19.7. The van der Waals surface area contributed by atoms with Gasteiger partial charge in [-0.15, -0.1) is 0 Å². The van der Waals surface area contributed by atoms with Gasteiger partial charge >= 0.3 is 6.03 Å². The molecule has 4 rings (SSSR count). The molecule has 2 aliphatic heterocycles. The van der Waals surface area contributed by atoms with Gasteiger partial charge in [-0.25, -0.2) is 18.1 Å². The second-order valence-corrected chi connectivity index (χ2v) is 9.06. The van der Waals surface area contributed by atoms with Crippen LogP contribution in [0, 0.1) is 0 Å². The molecule has 1 N–H and O–H groups in total. The smallest absolute Gasteiger partial charge is 0.329 e. The fourth-order valence-corrected chi connectivity index (χ4v) is 5.43. The largest absolute Gasteiger partial charge is 0.497 e. The van der Waals surface area contributed by atoms with E-state index in [1.54, 1.807) is 24.3 Å². The van der Waals surface area contributed by atoms with Crippen molar-refractivity contribution in [3.05, 3.63) is 53.6 Å². The van der Waals surface area contributed by atoms with Crippen LogP contribution >= 0.6 is 11.6 Å². The highest BCUT2D eigenvalue weighted by Gasteiger charge is 2.52. The van der Waals surface area contributed by atoms with Crippen molar-refractivity contribution in [2.45, 2.75) is 23.4 Å². The highest BCUT2D eigenvalue weighted by molar-refractivity contribution is 7.89. The van der Waals surface area contributed by atoms with E-state index in [9.17, 15) is 18.0 Å². The molecule has 0 saturated carbocycles. The maximum atomic E-state index is 13.3. The number of carbonyl (C=O) groups is 2. The predicted molar refractivity (Wildman–Crippen MR) is 107 cm³/mol. The highest BCUT2D eigenvalue weighted by Crippen LogP contribution is 2.33. The number of sulfonamides is 1. The third-order valence-electron chi connectivity index (χ3n) is 5.07. The SMILES string of the molecule is COc1cccc(N2C(=O)NC3CCN(S(=O)(=O)c4ccc(Cl)cc4)C3C2=O)c1. The Balaban J connectivity index is 1.70. The third-order valence-corrected chi connectivity index (χ3v) is 7.22. The molecule has 2 aromatic carbocycles. The van der Waals surface area contributed by atoms with Crippen LogP contribution < -0.4 is 15.0 Å². The van der Waals surface area contributed by atoms with Crippen molar-refractivity contribution in [2.24, 2.45) is 0 Å². The quantitative estimate of drug-likeness (QED) is 0.794. The summed E-state index contributed by atoms with van der Waals surface area (Å²) in [6.45, 7) is 0.123. The third kappa shape index (κ3) is 3.35. The van der Waals surface area contributed by atoms with Crippen LogP contribution in [-0.4, -0.2) is 50.4 Å². The predicted octanol–water partition coefficient (Wildman–Crippen LogP) is 2.24. The lowest BCUT2D eigenvalue weighted by atomic mass is 10.1. The van der Waals surface area contributed by atoms with Crippen LogP contribution in [0.4, 0.5) is 10.5 Å². The number of anilines is 1. The molecule has 2 aromatic rings. The van der Waals surface area contributed by atoms with Crippen molar-refractivity contribution in [2.75, 3.05) is 18.6 Å². The molecule has 0 spiro atoms. The van der Waals surface area contributed by atoms with E-state index in [0.717, 1.165) is 9.21 Å². The van der Waals surface area contributed by atoms with Gasteiger partial charge in [-0.05, 0) is 42.8 Å². The monoisotopic (exact) mass is 435 g/mol. The van der Waals surface area contributed by atoms with Crippen molar-refractivity contribution < 1.29 is 22.7 Å². The van der Waals surface area contributed by atoms with Gasteiger partial charge in [0.15, 0.2) is 0 Å². The Morgan fingerprint density at radius 1 is 1.14 bits per heavy atom. The molecule has 8 nitrogen and oxygen atoms in total. The topological polar surface area (TPSA) is 96.0 Å². The van der Waals surface area contributed by atoms with Gasteiger partial charge in [0.25, 0.3) is 5.91 Å². The van der Waals surface area contributed by atoms with E-state index in [4.69, 9.17) is 16.3 Å². The van der Waals surface area contributed by atoms with Gasteiger partial charge in [-0.2, -0.15) is 4.31 Å². The molecule has 2 unspecified atom stereocenters. The van der Waals surface area contributed by atoms with Gasteiger partial charge < -0.3 is 10.1 Å². The average molecular weight is 436 g/mol. The molecule has 2 fully saturated rings. The zero-order chi connectivity index (χ0) is 20.8. The molecule has 29 heavy (non-hydrogen) atoms. The number of urea groups is 1. The number of nitrogens with one attached hydrogen (secondary N) is 1. The summed E-state index contributed by atoms with van der Waals surface area (Å²) in [5.41, 5.74) is 0.307. The van der Waals surface area contributed by atoms with Crippen molar-refractivity contribution in [3.8, 4) is 5.75 Å². The first-order valence-corrected chi connectivity index (χ1v) is 10.7. The summed E-state index contributed by atoms with van der Waals surface area (Å²) in [7, 11) is -2.47. The van der Waals surface area contributed by atoms with Crippen molar-refractivity contribution >= 4 is 39.2 Å². The van der Waals surface area contributed by atoms with Crippen molar-refractivity contribution in [1.82, 2.24) is 9.62 Å². The Hall–Kier alpha value is -2.62. The normalized spacial score (nSPS) is 22.3. The first-order chi connectivity index (χ1) is 13.8. The van der Waals surface area contributed by atoms with Crippen LogP contribution in [0.3, 0.4) is 0 Å². The number of benzene rings is 2. The number of hydrogen-bond donors (Lipinski definition) is 1. The lowest BCUT2D eigenvalue weighted by Gasteiger charge is -2.36. The standard InChI is InChI=1S/C19H18ClN3O5S/c1-28-14-4-2-3-13(11-14)23-18(24)17-16(21-19(23)25)9-10-22(17)29(26,27)15-7-5-12(20)6-8-15/h2-8,11,16-17H,9-10H2,1H3,(H,21,25). The van der Waals surface area contributed by atoms with Gasteiger partial charge in [-0.1, -0.05) is 17.7 Å². The number of rotatable bonds is 4. The van der Waals surface area contributed by atoms with Crippen LogP contribution in [0.2, 0.25) is 5.02 Å². The zero-order valence-corrected chi connectivity index (χ0v) is 17.0. The average Bonchev–Trinajstić information content (AvgIpc) is 3.13. The van der Waals surface area contributed by atoms with Gasteiger partial charge in [0.2, 0.25) is 10.0 Å². The zero-order valence-electron chi connectivity index (χ0n) is 15.4. The van der Waals surface area contributed by atoms with Crippen molar-refractivity contribution in [3.63, 3.8) is 0 Å². The molecule has 152 valence electrons. The number of halogens is 1. The summed E-state index contributed by atoms with van der Waals surface area (Å²) >= 11 is 5.86. The van der Waals surface area contributed by atoms with E-state index >= 15 is 0 Å². The number of nitrogens with zero attached hydrogens (tertiary/aromatic N) is 2. The van der Waals surface area contributed by atoms with Gasteiger partial charge in [0.1, 0.15) is 11.8 Å². The number of imide groups is 1. The summed E-state index contributed by atoms with van der Waals surface area (Å²) in [5, 5.41) is 3.17. The molecule has 0 aromatic heterocycles. The second kappa shape index (κ2) is 7.33. The fourth-order valence-electron chi connectivity index (χ4n) is 3.67. The van der Waals surface area contributed by atoms with Gasteiger partial charge in [0.05, 0.1) is 23.7 Å². The lowest BCUT2D eigenvalue weighted by molar-refractivity contribution is -0.122. The molecule has 0 radical (unpaired) electrons. The van der Waals surface area contributed by atoms with E-state index in [1.807, 2.05) is 0 Å². The number of carbonyl (C=O) groups excluding carboxylic acids is 2. The van der Waals surface area contributed by atoms with Crippen LogP contribution in [0.5, 0.6) is 5.75 Å². The minimum atomic E-state index is -3.94. The number of fused-ring (bicyclic) bond motifs is 1. The molecular weight excluding hydrogens is 418 g/mol. The molecule has 3 amide bonds. The molecular formula is C19H18ClN3O5S. The lowest BCUT2D eigenvalue weighted by Crippen LogP contribution is -2.64. The summed E-state index contributed by atoms with van der Waals surface area (Å²) in [5.74, 6) is -0.121. The molecule has 0 aliphatic carbocycles. The highest BCUT2D eigenvalue weighted by atomic mass is 35.5. The van der Waals surface area contributed by atoms with Gasteiger partial charge in [-0.3, -0.25) is 4.79 Å². The Kier molecular flexibility index (Phi) is 4.97. The molecule has 2 atom stereocenters. The van der Waals surface area contributed by atoms with Crippen LogP contribution in [0.25, 0.3) is 0 Å². The Bertz CT molecular complexity index is 1070. The minimum Gasteiger partial charge on any atom is -0.497 e. The summed E-state index contributed by atoms with van der Waals surface area (Å²) in [6.07, 6.45) is 0.348. The van der Waals surface area contributed by atoms with E-state index in [-0.39, 0.29) is 11.4 Å². The summed E-state index contributed by atoms with van der Waals surface area (Å²) < 4.78 is 32.6. The second-order valence-electron chi connectivity index (χ2n) is 6.73. The molecule has 2 aliphatic rings. The summed E-state index contributed by atoms with van der Waals surface area (Å²) in [4.78, 5) is 26.8. The molecule has 2 saturated heterocycles.